The summed E-state index contributed by atoms with van der Waals surface area (Å²) in [7, 11) is 0. The Morgan fingerprint density at radius 2 is 0.667 bits per heavy atom. The van der Waals surface area contributed by atoms with Crippen molar-refractivity contribution in [1.82, 2.24) is 19.9 Å². The second-order valence-electron chi connectivity index (χ2n) is 7.41. The van der Waals surface area contributed by atoms with Crippen molar-refractivity contribution in [2.75, 3.05) is 0 Å². The summed E-state index contributed by atoms with van der Waals surface area (Å²) >= 11 is 0. The molecule has 2 heterocycles. The monoisotopic (exact) mass is 486 g/mol. The Bertz CT molecular complexity index is 1350. The summed E-state index contributed by atoms with van der Waals surface area (Å²) in [6.45, 7) is 0. The summed E-state index contributed by atoms with van der Waals surface area (Å²) < 4.78 is 0. The Kier molecular flexibility index (Phi) is 6.16. The number of carboxylic acid groups (broad SMARTS) is 4. The van der Waals surface area contributed by atoms with E-state index in [1.807, 2.05) is 0 Å². The lowest BCUT2D eigenvalue weighted by molar-refractivity contribution is 0.0676. The molecule has 0 amide bonds. The SMILES string of the molecule is O=C(O)c1cc(C(=O)O)cc(-c2cnc(-c3ncc(-c4cc(C(=O)O)cc(C(=O)O)c4)cn3)nc2)c1. The molecule has 12 heteroatoms. The Morgan fingerprint density at radius 3 is 0.889 bits per heavy atom. The first kappa shape index (κ1) is 23.6. The summed E-state index contributed by atoms with van der Waals surface area (Å²) in [5.41, 5.74) is 0.513. The molecule has 4 N–H and O–H groups in total. The number of carboxylic acids is 4. The zero-order valence-electron chi connectivity index (χ0n) is 18.0. The first-order valence-electron chi connectivity index (χ1n) is 10.0. The largest absolute Gasteiger partial charge is 0.478 e. The molecule has 178 valence electrons. The van der Waals surface area contributed by atoms with Gasteiger partial charge in [-0.25, -0.2) is 39.1 Å². The van der Waals surface area contributed by atoms with E-state index in [0.29, 0.717) is 22.3 Å². The van der Waals surface area contributed by atoms with Crippen LogP contribution in [0.2, 0.25) is 0 Å². The van der Waals surface area contributed by atoms with Gasteiger partial charge in [0.05, 0.1) is 22.3 Å². The molecule has 0 aliphatic heterocycles. The van der Waals surface area contributed by atoms with Crippen molar-refractivity contribution < 1.29 is 39.6 Å². The molecule has 4 aromatic rings. The van der Waals surface area contributed by atoms with Gasteiger partial charge >= 0.3 is 23.9 Å². The maximum atomic E-state index is 11.3. The van der Waals surface area contributed by atoms with E-state index < -0.39 is 23.9 Å². The molecule has 0 atom stereocenters. The van der Waals surface area contributed by atoms with Crippen molar-refractivity contribution in [1.29, 1.82) is 0 Å². The summed E-state index contributed by atoms with van der Waals surface area (Å²) in [5.74, 6) is -4.90. The zero-order chi connectivity index (χ0) is 26.0. The predicted octanol–water partition coefficient (Wildman–Crippen LogP) is 3.06. The van der Waals surface area contributed by atoms with E-state index in [1.165, 1.54) is 49.1 Å². The van der Waals surface area contributed by atoms with Gasteiger partial charge in [0.2, 0.25) is 0 Å². The van der Waals surface area contributed by atoms with Crippen molar-refractivity contribution >= 4 is 23.9 Å². The summed E-state index contributed by atoms with van der Waals surface area (Å²) in [5, 5.41) is 37.0. The van der Waals surface area contributed by atoms with Gasteiger partial charge in [-0.3, -0.25) is 0 Å². The molecule has 36 heavy (non-hydrogen) atoms. The van der Waals surface area contributed by atoms with Crippen molar-refractivity contribution in [3.05, 3.63) is 83.4 Å². The summed E-state index contributed by atoms with van der Waals surface area (Å²) in [4.78, 5) is 62.0. The van der Waals surface area contributed by atoms with Crippen LogP contribution in [0, 0.1) is 0 Å². The van der Waals surface area contributed by atoms with Crippen LogP contribution in [0.4, 0.5) is 0 Å². The average molecular weight is 486 g/mol. The third-order valence-corrected chi connectivity index (χ3v) is 5.02. The van der Waals surface area contributed by atoms with E-state index in [2.05, 4.69) is 19.9 Å². The minimum atomic E-state index is -1.28. The fraction of sp³-hybridized carbons (Fsp3) is 0. The van der Waals surface area contributed by atoms with E-state index in [4.69, 9.17) is 0 Å². The molecule has 0 aliphatic rings. The first-order valence-corrected chi connectivity index (χ1v) is 10.0. The van der Waals surface area contributed by atoms with Crippen LogP contribution in [-0.2, 0) is 0 Å². The summed E-state index contributed by atoms with van der Waals surface area (Å²) in [6, 6.07) is 7.29. The fourth-order valence-corrected chi connectivity index (χ4v) is 3.27. The predicted molar refractivity (Wildman–Crippen MR) is 122 cm³/mol. The number of hydrogen-bond donors (Lipinski definition) is 4. The van der Waals surface area contributed by atoms with Gasteiger partial charge in [-0.1, -0.05) is 0 Å². The molecular formula is C24H14N4O8. The Hall–Kier alpha value is -5.52. The van der Waals surface area contributed by atoms with Crippen LogP contribution in [0.15, 0.2) is 61.2 Å². The standard InChI is InChI=1S/C24H14N4O8/c29-21(30)13-1-11(2-14(5-13)22(31)32)17-7-25-19(26-8-17)20-27-9-18(10-28-20)12-3-15(23(33)34)6-16(4-12)24(35)36/h1-10H,(H,29,30)(H,31,32)(H,33,34)(H,35,36). The van der Waals surface area contributed by atoms with Crippen LogP contribution >= 0.6 is 0 Å². The van der Waals surface area contributed by atoms with Gasteiger partial charge in [0.1, 0.15) is 0 Å². The third-order valence-electron chi connectivity index (χ3n) is 5.02. The Balaban J connectivity index is 1.64. The van der Waals surface area contributed by atoms with Crippen molar-refractivity contribution in [2.45, 2.75) is 0 Å². The lowest BCUT2D eigenvalue weighted by atomic mass is 10.0. The van der Waals surface area contributed by atoms with Crippen LogP contribution < -0.4 is 0 Å². The van der Waals surface area contributed by atoms with Crippen LogP contribution in [0.1, 0.15) is 41.4 Å². The van der Waals surface area contributed by atoms with Gasteiger partial charge in [-0.2, -0.15) is 0 Å². The molecule has 0 saturated carbocycles. The van der Waals surface area contributed by atoms with E-state index in [9.17, 15) is 39.6 Å². The highest BCUT2D eigenvalue weighted by Gasteiger charge is 2.15. The smallest absolute Gasteiger partial charge is 0.335 e. The normalized spacial score (nSPS) is 10.6. The molecular weight excluding hydrogens is 472 g/mol. The maximum Gasteiger partial charge on any atom is 0.335 e. The minimum Gasteiger partial charge on any atom is -0.478 e. The van der Waals surface area contributed by atoms with Crippen molar-refractivity contribution in [3.63, 3.8) is 0 Å². The van der Waals surface area contributed by atoms with Crippen LogP contribution in [0.25, 0.3) is 33.9 Å². The van der Waals surface area contributed by atoms with Gasteiger partial charge in [-0.15, -0.1) is 0 Å². The van der Waals surface area contributed by atoms with Gasteiger partial charge in [0.15, 0.2) is 11.6 Å². The van der Waals surface area contributed by atoms with Crippen LogP contribution in [0.3, 0.4) is 0 Å². The quantitative estimate of drug-likeness (QED) is 0.298. The number of nitrogens with zero attached hydrogens (tertiary/aromatic N) is 4. The lowest BCUT2D eigenvalue weighted by Crippen LogP contribution is -2.03. The molecule has 4 rings (SSSR count). The molecule has 0 spiro atoms. The highest BCUT2D eigenvalue weighted by molar-refractivity contribution is 5.97. The second kappa shape index (κ2) is 9.38. The molecule has 0 unspecified atom stereocenters. The molecule has 0 saturated heterocycles. The molecule has 2 aromatic carbocycles. The van der Waals surface area contributed by atoms with Gasteiger partial charge in [0.25, 0.3) is 0 Å². The van der Waals surface area contributed by atoms with Crippen molar-refractivity contribution in [3.8, 4) is 33.9 Å². The average Bonchev–Trinajstić information content (AvgIpc) is 2.88. The van der Waals surface area contributed by atoms with Crippen LogP contribution in [0.5, 0.6) is 0 Å². The highest BCUT2D eigenvalue weighted by atomic mass is 16.4. The topological polar surface area (TPSA) is 201 Å². The van der Waals surface area contributed by atoms with Crippen molar-refractivity contribution in [2.24, 2.45) is 0 Å². The first-order chi connectivity index (χ1) is 17.1. The molecule has 0 aliphatic carbocycles. The number of aromatic nitrogens is 4. The molecule has 12 nitrogen and oxygen atoms in total. The number of aromatic carboxylic acids is 4. The van der Waals surface area contributed by atoms with Gasteiger partial charge < -0.3 is 20.4 Å². The third kappa shape index (κ3) is 4.87. The maximum absolute atomic E-state index is 11.3. The fourth-order valence-electron chi connectivity index (χ4n) is 3.27. The zero-order valence-corrected chi connectivity index (χ0v) is 18.0. The Morgan fingerprint density at radius 1 is 0.417 bits per heavy atom. The second-order valence-corrected chi connectivity index (χ2v) is 7.41. The van der Waals surface area contributed by atoms with E-state index in [1.54, 1.807) is 0 Å². The van der Waals surface area contributed by atoms with E-state index in [0.717, 1.165) is 12.1 Å². The molecule has 2 aromatic heterocycles. The molecule has 0 bridgehead atoms. The number of hydrogen-bond acceptors (Lipinski definition) is 8. The minimum absolute atomic E-state index is 0.114. The summed E-state index contributed by atoms with van der Waals surface area (Å²) in [6.07, 6.45) is 5.45. The number of carbonyl (C=O) groups is 4. The Labute approximate surface area is 201 Å². The van der Waals surface area contributed by atoms with Crippen LogP contribution in [-0.4, -0.2) is 64.2 Å². The molecule has 0 fully saturated rings. The van der Waals surface area contributed by atoms with E-state index in [-0.39, 0.29) is 33.9 Å². The van der Waals surface area contributed by atoms with Gasteiger partial charge in [0, 0.05) is 35.9 Å². The van der Waals surface area contributed by atoms with E-state index >= 15 is 0 Å². The highest BCUT2D eigenvalue weighted by Crippen LogP contribution is 2.25. The number of benzene rings is 2. The lowest BCUT2D eigenvalue weighted by Gasteiger charge is -2.07. The molecule has 0 radical (unpaired) electrons. The van der Waals surface area contributed by atoms with Gasteiger partial charge in [-0.05, 0) is 47.5 Å². The number of rotatable bonds is 7.